The van der Waals surface area contributed by atoms with E-state index in [1.165, 1.54) is 5.56 Å². The second-order valence-corrected chi connectivity index (χ2v) is 5.25. The van der Waals surface area contributed by atoms with E-state index >= 15 is 0 Å². The predicted molar refractivity (Wildman–Crippen MR) is 63.5 cm³/mol. The number of hydrogen-bond donors (Lipinski definition) is 1. The Morgan fingerprint density at radius 3 is 2.47 bits per heavy atom. The third kappa shape index (κ3) is 1.63. The number of hydrogen-bond acceptors (Lipinski definition) is 3. The van der Waals surface area contributed by atoms with Crippen molar-refractivity contribution in [2.24, 2.45) is 4.99 Å². The Labute approximate surface area is 100 Å². The molecule has 0 unspecified atom stereocenters. The average molecular weight is 229 g/mol. The van der Waals surface area contributed by atoms with Crippen molar-refractivity contribution in [1.29, 1.82) is 0 Å². The number of carbonyl (C=O) groups excluding carboxylic acids is 1. The number of benzene rings is 1. The fourth-order valence-corrected chi connectivity index (χ4v) is 2.50. The normalized spacial score (nSPS) is 22.6. The Morgan fingerprint density at radius 2 is 1.94 bits per heavy atom. The van der Waals surface area contributed by atoms with Gasteiger partial charge in [-0.1, -0.05) is 24.3 Å². The van der Waals surface area contributed by atoms with Crippen LogP contribution in [0.1, 0.15) is 36.8 Å². The smallest absolute Gasteiger partial charge is 0.235 e. The first-order chi connectivity index (χ1) is 8.25. The molecule has 1 N–H and O–H groups in total. The number of nitrogens with zero attached hydrogens (tertiary/aromatic N) is 1. The topological polar surface area (TPSA) is 49.7 Å². The van der Waals surface area contributed by atoms with Crippen LogP contribution in [0.3, 0.4) is 0 Å². The minimum Gasteiger partial charge on any atom is -0.395 e. The lowest BCUT2D eigenvalue weighted by Crippen LogP contribution is -2.13. The molecule has 0 atom stereocenters. The lowest BCUT2D eigenvalue weighted by molar-refractivity contribution is 0.255. The molecule has 1 aromatic rings. The molecule has 0 heterocycles. The minimum absolute atomic E-state index is 0.0169. The Balaban J connectivity index is 1.98. The molecule has 2 aliphatic rings. The summed E-state index contributed by atoms with van der Waals surface area (Å²) in [5.41, 5.74) is 1.96. The summed E-state index contributed by atoms with van der Waals surface area (Å²) < 4.78 is 0. The maximum atomic E-state index is 10.5. The molecule has 2 fully saturated rings. The highest BCUT2D eigenvalue weighted by Crippen LogP contribution is 2.52. The fourth-order valence-electron chi connectivity index (χ4n) is 2.50. The van der Waals surface area contributed by atoms with Crippen LogP contribution in [0.2, 0.25) is 0 Å². The van der Waals surface area contributed by atoms with E-state index in [2.05, 4.69) is 17.1 Å². The van der Waals surface area contributed by atoms with Crippen LogP contribution in [0.4, 0.5) is 0 Å². The summed E-state index contributed by atoms with van der Waals surface area (Å²) in [5.74, 6) is 0. The van der Waals surface area contributed by atoms with Gasteiger partial charge in [-0.3, -0.25) is 0 Å². The molecular formula is C14H15NO2. The van der Waals surface area contributed by atoms with Crippen molar-refractivity contribution in [1.82, 2.24) is 0 Å². The molecule has 0 bridgehead atoms. The van der Waals surface area contributed by atoms with Crippen molar-refractivity contribution in [2.75, 3.05) is 6.61 Å². The highest BCUT2D eigenvalue weighted by Gasteiger charge is 2.47. The quantitative estimate of drug-likeness (QED) is 0.634. The molecule has 3 nitrogen and oxygen atoms in total. The number of isocyanates is 1. The van der Waals surface area contributed by atoms with Crippen molar-refractivity contribution in [3.05, 3.63) is 35.4 Å². The van der Waals surface area contributed by atoms with E-state index in [0.717, 1.165) is 31.2 Å². The first-order valence-electron chi connectivity index (χ1n) is 6.06. The molecule has 0 amide bonds. The fraction of sp³-hybridized carbons (Fsp3) is 0.500. The van der Waals surface area contributed by atoms with Crippen LogP contribution in [0.25, 0.3) is 0 Å². The predicted octanol–water partition coefficient (Wildman–Crippen LogP) is 2.04. The summed E-state index contributed by atoms with van der Waals surface area (Å²) in [6.07, 6.45) is 5.64. The SMILES string of the molecule is O=C=NC1(c2cccc(C3(CO)CC3)c2)CC1. The van der Waals surface area contributed by atoms with Crippen LogP contribution >= 0.6 is 0 Å². The van der Waals surface area contributed by atoms with Crippen LogP contribution < -0.4 is 0 Å². The van der Waals surface area contributed by atoms with E-state index in [-0.39, 0.29) is 17.6 Å². The van der Waals surface area contributed by atoms with Crippen molar-refractivity contribution in [3.8, 4) is 0 Å². The van der Waals surface area contributed by atoms with Gasteiger partial charge in [-0.25, -0.2) is 4.79 Å². The van der Waals surface area contributed by atoms with E-state index in [1.807, 2.05) is 12.1 Å². The molecule has 0 spiro atoms. The van der Waals surface area contributed by atoms with Gasteiger partial charge in [0.15, 0.2) is 0 Å². The van der Waals surface area contributed by atoms with E-state index in [0.29, 0.717) is 0 Å². The summed E-state index contributed by atoms with van der Waals surface area (Å²) in [6, 6.07) is 8.19. The van der Waals surface area contributed by atoms with Crippen LogP contribution in [0.5, 0.6) is 0 Å². The summed E-state index contributed by atoms with van der Waals surface area (Å²) in [5, 5.41) is 9.44. The average Bonchev–Trinajstić information content (AvgIpc) is 3.26. The Bertz CT molecular complexity index is 495. The summed E-state index contributed by atoms with van der Waals surface area (Å²) >= 11 is 0. The molecule has 0 radical (unpaired) electrons. The first-order valence-corrected chi connectivity index (χ1v) is 6.06. The zero-order valence-electron chi connectivity index (χ0n) is 9.65. The molecule has 88 valence electrons. The molecule has 2 saturated carbocycles. The summed E-state index contributed by atoms with van der Waals surface area (Å²) in [6.45, 7) is 0.209. The van der Waals surface area contributed by atoms with E-state index in [1.54, 1.807) is 6.08 Å². The van der Waals surface area contributed by atoms with Gasteiger partial charge in [0.1, 0.15) is 0 Å². The number of rotatable bonds is 4. The van der Waals surface area contributed by atoms with Gasteiger partial charge in [-0.05, 0) is 36.8 Å². The lowest BCUT2D eigenvalue weighted by atomic mass is 9.93. The summed E-state index contributed by atoms with van der Waals surface area (Å²) in [7, 11) is 0. The molecule has 0 aromatic heterocycles. The van der Waals surface area contributed by atoms with Gasteiger partial charge in [-0.15, -0.1) is 0 Å². The van der Waals surface area contributed by atoms with Crippen LogP contribution in [0, 0.1) is 0 Å². The van der Waals surface area contributed by atoms with E-state index in [9.17, 15) is 9.90 Å². The van der Waals surface area contributed by atoms with Gasteiger partial charge in [0.05, 0.1) is 12.1 Å². The van der Waals surface area contributed by atoms with Gasteiger partial charge in [-0.2, -0.15) is 4.99 Å². The van der Waals surface area contributed by atoms with Gasteiger partial charge >= 0.3 is 0 Å². The number of aliphatic hydroxyl groups is 1. The minimum atomic E-state index is -0.302. The van der Waals surface area contributed by atoms with Gasteiger partial charge < -0.3 is 5.11 Å². The van der Waals surface area contributed by atoms with Gasteiger partial charge in [0.25, 0.3) is 0 Å². The second kappa shape index (κ2) is 3.52. The molecule has 0 saturated heterocycles. The second-order valence-electron chi connectivity index (χ2n) is 5.25. The van der Waals surface area contributed by atoms with Crippen LogP contribution in [0.15, 0.2) is 29.3 Å². The van der Waals surface area contributed by atoms with Crippen molar-refractivity contribution in [3.63, 3.8) is 0 Å². The van der Waals surface area contributed by atoms with Gasteiger partial charge in [0, 0.05) is 5.41 Å². The van der Waals surface area contributed by atoms with Gasteiger partial charge in [0.2, 0.25) is 6.08 Å². The Hall–Kier alpha value is -1.44. The molecule has 2 aliphatic carbocycles. The highest BCUT2D eigenvalue weighted by molar-refractivity contribution is 5.44. The van der Waals surface area contributed by atoms with Crippen molar-refractivity contribution >= 4 is 6.08 Å². The summed E-state index contributed by atoms with van der Waals surface area (Å²) in [4.78, 5) is 14.4. The largest absolute Gasteiger partial charge is 0.395 e. The molecule has 0 aliphatic heterocycles. The number of aliphatic imine (C=N–C) groups is 1. The van der Waals surface area contributed by atoms with E-state index in [4.69, 9.17) is 0 Å². The zero-order chi connectivity index (χ0) is 11.9. The maximum absolute atomic E-state index is 10.5. The van der Waals surface area contributed by atoms with Crippen LogP contribution in [-0.2, 0) is 15.7 Å². The molecule has 1 aromatic carbocycles. The molecule has 3 heteroatoms. The molecule has 17 heavy (non-hydrogen) atoms. The third-order valence-corrected chi connectivity index (χ3v) is 4.15. The van der Waals surface area contributed by atoms with Crippen molar-refractivity contribution in [2.45, 2.75) is 36.6 Å². The monoisotopic (exact) mass is 229 g/mol. The van der Waals surface area contributed by atoms with Crippen molar-refractivity contribution < 1.29 is 9.90 Å². The Morgan fingerprint density at radius 1 is 1.24 bits per heavy atom. The lowest BCUT2D eigenvalue weighted by Gasteiger charge is -2.15. The number of aliphatic hydroxyl groups excluding tert-OH is 1. The zero-order valence-corrected chi connectivity index (χ0v) is 9.65. The highest BCUT2D eigenvalue weighted by atomic mass is 16.3. The first kappa shape index (κ1) is 10.7. The standard InChI is InChI=1S/C14H15NO2/c16-9-13(4-5-13)11-2-1-3-12(8-11)14(6-7-14)15-10-17/h1-3,8,16H,4-7,9H2. The third-order valence-electron chi connectivity index (χ3n) is 4.15. The Kier molecular flexibility index (Phi) is 2.22. The van der Waals surface area contributed by atoms with Crippen LogP contribution in [-0.4, -0.2) is 17.8 Å². The molecule has 3 rings (SSSR count). The maximum Gasteiger partial charge on any atom is 0.235 e. The van der Waals surface area contributed by atoms with E-state index < -0.39 is 0 Å². The molecular weight excluding hydrogens is 214 g/mol.